The van der Waals surface area contributed by atoms with Gasteiger partial charge in [-0.2, -0.15) is 5.10 Å². The highest BCUT2D eigenvalue weighted by atomic mass is 32.2. The Bertz CT molecular complexity index is 1630. The summed E-state index contributed by atoms with van der Waals surface area (Å²) in [5, 5.41) is 22.0. The fourth-order valence-corrected chi connectivity index (χ4v) is 5.24. The summed E-state index contributed by atoms with van der Waals surface area (Å²) in [6, 6.07) is 19.9. The molecule has 2 aromatic carbocycles. The van der Waals surface area contributed by atoms with Gasteiger partial charge in [0.05, 0.1) is 36.1 Å². The number of benzene rings is 2. The second-order valence-corrected chi connectivity index (χ2v) is 10.1. The Morgan fingerprint density at radius 1 is 1.14 bits per heavy atom. The van der Waals surface area contributed by atoms with E-state index in [0.717, 1.165) is 11.8 Å². The molecular formula is C29H25N5O7S. The molecule has 1 N–H and O–H groups in total. The maximum atomic E-state index is 13.3. The second-order valence-electron chi connectivity index (χ2n) is 8.92. The molecule has 4 aromatic rings. The van der Waals surface area contributed by atoms with Crippen LogP contribution in [-0.4, -0.2) is 44.9 Å². The van der Waals surface area contributed by atoms with Gasteiger partial charge in [-0.3, -0.25) is 24.6 Å². The first kappa shape index (κ1) is 28.4. The number of para-hydroxylation sites is 1. The third-order valence-electron chi connectivity index (χ3n) is 6.06. The average molecular weight is 588 g/mol. The summed E-state index contributed by atoms with van der Waals surface area (Å²) in [6.07, 6.45) is 2.77. The summed E-state index contributed by atoms with van der Waals surface area (Å²) in [6.45, 7) is 2.54. The van der Waals surface area contributed by atoms with Crippen molar-refractivity contribution in [3.8, 4) is 17.1 Å². The zero-order chi connectivity index (χ0) is 29.5. The van der Waals surface area contributed by atoms with Gasteiger partial charge in [0.2, 0.25) is 11.8 Å². The lowest BCUT2D eigenvalue weighted by molar-refractivity contribution is -0.384. The molecule has 1 aliphatic rings. The number of nitro groups is 1. The van der Waals surface area contributed by atoms with Crippen molar-refractivity contribution in [2.75, 3.05) is 11.9 Å². The van der Waals surface area contributed by atoms with Crippen LogP contribution in [0.25, 0.3) is 11.3 Å². The number of amidine groups is 1. The van der Waals surface area contributed by atoms with Crippen molar-refractivity contribution < 1.29 is 28.1 Å². The predicted molar refractivity (Wildman–Crippen MR) is 157 cm³/mol. The zero-order valence-electron chi connectivity index (χ0n) is 22.3. The molecular weight excluding hydrogens is 562 g/mol. The Labute approximate surface area is 244 Å². The third-order valence-corrected chi connectivity index (χ3v) is 7.22. The number of hydrogen-bond acceptors (Lipinski definition) is 10. The van der Waals surface area contributed by atoms with Gasteiger partial charge in [0.1, 0.15) is 28.3 Å². The summed E-state index contributed by atoms with van der Waals surface area (Å²) >= 11 is 1.12. The summed E-state index contributed by atoms with van der Waals surface area (Å²) in [7, 11) is 0. The molecule has 0 spiro atoms. The molecule has 2 aromatic heterocycles. The maximum Gasteiger partial charge on any atom is 0.280 e. The molecule has 0 saturated carbocycles. The summed E-state index contributed by atoms with van der Waals surface area (Å²) in [5.41, 5.74) is 0.840. The largest absolute Gasteiger partial charge is 0.494 e. The van der Waals surface area contributed by atoms with Crippen LogP contribution >= 0.6 is 11.8 Å². The lowest BCUT2D eigenvalue weighted by Gasteiger charge is -2.14. The van der Waals surface area contributed by atoms with E-state index < -0.39 is 10.2 Å². The van der Waals surface area contributed by atoms with Gasteiger partial charge in [-0.25, -0.2) is 0 Å². The van der Waals surface area contributed by atoms with Crippen LogP contribution in [0.2, 0.25) is 0 Å². The number of rotatable bonds is 11. The van der Waals surface area contributed by atoms with E-state index in [1.54, 1.807) is 66.7 Å². The molecule has 13 heteroatoms. The number of nitrogens with one attached hydrogen (secondary N) is 1. The number of carbonyl (C=O) groups is 2. The number of hydrogen-bond donors (Lipinski definition) is 1. The van der Waals surface area contributed by atoms with Crippen LogP contribution < -0.4 is 10.1 Å². The number of carbonyl (C=O) groups excluding carboxylic acids is 2. The molecule has 3 heterocycles. The van der Waals surface area contributed by atoms with Gasteiger partial charge < -0.3 is 18.9 Å². The predicted octanol–water partition coefficient (Wildman–Crippen LogP) is 5.71. The zero-order valence-corrected chi connectivity index (χ0v) is 23.2. The van der Waals surface area contributed by atoms with Crippen LogP contribution in [-0.2, 0) is 16.1 Å². The van der Waals surface area contributed by atoms with Crippen molar-refractivity contribution in [1.82, 2.24) is 4.90 Å². The van der Waals surface area contributed by atoms with Crippen LogP contribution in [0.1, 0.15) is 24.9 Å². The van der Waals surface area contributed by atoms with Crippen LogP contribution in [0.3, 0.4) is 0 Å². The van der Waals surface area contributed by atoms with E-state index in [2.05, 4.69) is 15.5 Å². The van der Waals surface area contributed by atoms with Crippen LogP contribution in [0.5, 0.6) is 5.75 Å². The number of nitro benzene ring substituents is 1. The first-order chi connectivity index (χ1) is 20.4. The standard InChI is InChI=1S/C29H25N5O7S/c1-2-39-20-11-9-19(10-12-20)31-27(35)16-26-28(36)33(18-22-6-5-15-40-22)29(42-26)32-30-17-21-13-14-25(41-21)23-7-3-4-8-24(23)34(37)38/h3-15,17,26H,2,16,18H2,1H3,(H,31,35)/b30-17+,32-29-. The van der Waals surface area contributed by atoms with E-state index in [-0.39, 0.29) is 35.6 Å². The van der Waals surface area contributed by atoms with E-state index in [9.17, 15) is 19.7 Å². The number of ether oxygens (including phenoxy) is 1. The molecule has 0 aliphatic carbocycles. The summed E-state index contributed by atoms with van der Waals surface area (Å²) < 4.78 is 16.6. The fourth-order valence-electron chi connectivity index (χ4n) is 4.14. The van der Waals surface area contributed by atoms with Gasteiger partial charge >= 0.3 is 0 Å². The lowest BCUT2D eigenvalue weighted by atomic mass is 10.1. The Morgan fingerprint density at radius 2 is 1.95 bits per heavy atom. The minimum absolute atomic E-state index is 0.0779. The van der Waals surface area contributed by atoms with E-state index in [1.165, 1.54) is 23.4 Å². The van der Waals surface area contributed by atoms with Crippen LogP contribution in [0, 0.1) is 10.1 Å². The van der Waals surface area contributed by atoms with Gasteiger partial charge in [-0.1, -0.05) is 23.9 Å². The molecule has 214 valence electrons. The highest BCUT2D eigenvalue weighted by molar-refractivity contribution is 8.15. The van der Waals surface area contributed by atoms with E-state index >= 15 is 0 Å². The molecule has 0 radical (unpaired) electrons. The molecule has 1 fully saturated rings. The van der Waals surface area contributed by atoms with E-state index in [0.29, 0.717) is 40.9 Å². The summed E-state index contributed by atoms with van der Waals surface area (Å²) in [4.78, 5) is 38.4. The molecule has 5 rings (SSSR count). The van der Waals surface area contributed by atoms with Gasteiger partial charge in [0, 0.05) is 18.2 Å². The fraction of sp³-hybridized carbons (Fsp3) is 0.172. The molecule has 1 saturated heterocycles. The molecule has 12 nitrogen and oxygen atoms in total. The number of anilines is 1. The van der Waals surface area contributed by atoms with E-state index in [1.807, 2.05) is 6.92 Å². The van der Waals surface area contributed by atoms with Crippen molar-refractivity contribution in [2.24, 2.45) is 10.2 Å². The first-order valence-corrected chi connectivity index (χ1v) is 13.8. The molecule has 42 heavy (non-hydrogen) atoms. The quantitative estimate of drug-likeness (QED) is 0.133. The molecule has 2 amide bonds. The Morgan fingerprint density at radius 3 is 2.69 bits per heavy atom. The Kier molecular flexibility index (Phi) is 8.78. The van der Waals surface area contributed by atoms with Gasteiger partial charge in [0.15, 0.2) is 5.17 Å². The molecule has 1 aliphatic heterocycles. The lowest BCUT2D eigenvalue weighted by Crippen LogP contribution is -2.33. The Balaban J connectivity index is 1.29. The number of nitrogens with zero attached hydrogens (tertiary/aromatic N) is 4. The van der Waals surface area contributed by atoms with Crippen LogP contribution in [0.15, 0.2) is 98.1 Å². The van der Waals surface area contributed by atoms with Crippen molar-refractivity contribution in [3.63, 3.8) is 0 Å². The number of furan rings is 2. The van der Waals surface area contributed by atoms with Gasteiger partial charge in [-0.05, 0) is 61.5 Å². The normalized spacial score (nSPS) is 15.9. The minimum Gasteiger partial charge on any atom is -0.494 e. The van der Waals surface area contributed by atoms with Gasteiger partial charge in [0.25, 0.3) is 5.69 Å². The molecule has 0 bridgehead atoms. The van der Waals surface area contributed by atoms with Gasteiger partial charge in [-0.15, -0.1) is 5.10 Å². The minimum atomic E-state index is -0.717. The maximum absolute atomic E-state index is 13.3. The van der Waals surface area contributed by atoms with Crippen LogP contribution in [0.4, 0.5) is 11.4 Å². The second kappa shape index (κ2) is 13.0. The summed E-state index contributed by atoms with van der Waals surface area (Å²) in [5.74, 6) is 1.22. The SMILES string of the molecule is CCOc1ccc(NC(=O)CC2S/C(=N\N=C\c3ccc(-c4ccccc4[N+](=O)[O-])o3)N(Cc3ccco3)C2=O)cc1. The number of amides is 2. The van der Waals surface area contributed by atoms with Crippen molar-refractivity contribution in [1.29, 1.82) is 0 Å². The Hall–Kier alpha value is -5.17. The van der Waals surface area contributed by atoms with E-state index in [4.69, 9.17) is 13.6 Å². The highest BCUT2D eigenvalue weighted by Crippen LogP contribution is 2.32. The molecule has 1 atom stereocenters. The van der Waals surface area contributed by atoms with Crippen molar-refractivity contribution in [3.05, 3.63) is 101 Å². The monoisotopic (exact) mass is 587 g/mol. The third kappa shape index (κ3) is 6.75. The topological polar surface area (TPSA) is 153 Å². The average Bonchev–Trinajstić information content (AvgIpc) is 3.73. The number of thioether (sulfide) groups is 1. The highest BCUT2D eigenvalue weighted by Gasteiger charge is 2.39. The smallest absolute Gasteiger partial charge is 0.280 e. The van der Waals surface area contributed by atoms with Crippen molar-refractivity contribution in [2.45, 2.75) is 25.1 Å². The molecule has 1 unspecified atom stereocenters. The van der Waals surface area contributed by atoms with Crippen molar-refractivity contribution >= 4 is 46.3 Å². The first-order valence-electron chi connectivity index (χ1n) is 12.9.